The van der Waals surface area contributed by atoms with Gasteiger partial charge in [0.15, 0.2) is 5.75 Å². The van der Waals surface area contributed by atoms with E-state index in [1.54, 1.807) is 19.1 Å². The topological polar surface area (TPSA) is 80.0 Å². The molecule has 0 spiro atoms. The molecule has 3 aromatic rings. The summed E-state index contributed by atoms with van der Waals surface area (Å²) in [5.74, 6) is 0.181. The van der Waals surface area contributed by atoms with E-state index < -0.39 is 10.1 Å². The molecule has 1 heterocycles. The fourth-order valence-corrected chi connectivity index (χ4v) is 3.60. The van der Waals surface area contributed by atoms with Crippen molar-refractivity contribution < 1.29 is 12.6 Å². The van der Waals surface area contributed by atoms with Gasteiger partial charge in [-0.3, -0.25) is 0 Å². The number of para-hydroxylation sites is 1. The maximum absolute atomic E-state index is 12.6. The van der Waals surface area contributed by atoms with E-state index in [1.807, 2.05) is 31.2 Å². The van der Waals surface area contributed by atoms with Crippen molar-refractivity contribution in [1.29, 1.82) is 5.26 Å². The summed E-state index contributed by atoms with van der Waals surface area (Å²) in [5.41, 5.74) is 2.12. The minimum absolute atomic E-state index is 0.0335. The van der Waals surface area contributed by atoms with Gasteiger partial charge in [0.25, 0.3) is 0 Å². The van der Waals surface area contributed by atoms with Crippen molar-refractivity contribution in [3.05, 3.63) is 65.4 Å². The Hall–Kier alpha value is -2.91. The highest BCUT2D eigenvalue weighted by Gasteiger charge is 2.21. The zero-order chi connectivity index (χ0) is 17.3. The normalized spacial score (nSPS) is 11.2. The molecule has 0 radical (unpaired) electrons. The Kier molecular flexibility index (Phi) is 3.96. The summed E-state index contributed by atoms with van der Waals surface area (Å²) < 4.78 is 30.6. The number of hydrogen-bond donors (Lipinski definition) is 0. The van der Waals surface area contributed by atoms with Crippen molar-refractivity contribution in [3.63, 3.8) is 0 Å². The molecular formula is C18H14N2O3S. The van der Waals surface area contributed by atoms with Gasteiger partial charge in [0.2, 0.25) is 0 Å². The number of aromatic nitrogens is 1. The van der Waals surface area contributed by atoms with E-state index in [2.05, 4.69) is 4.98 Å². The molecule has 0 bridgehead atoms. The third-order valence-corrected chi connectivity index (χ3v) is 4.99. The van der Waals surface area contributed by atoms with Crippen molar-refractivity contribution in [2.75, 3.05) is 0 Å². The lowest BCUT2D eigenvalue weighted by Crippen LogP contribution is -2.12. The Labute approximate surface area is 140 Å². The number of benzene rings is 2. The van der Waals surface area contributed by atoms with Crippen molar-refractivity contribution >= 4 is 21.0 Å². The second-order valence-corrected chi connectivity index (χ2v) is 6.92. The monoisotopic (exact) mass is 338 g/mol. The zero-order valence-electron chi connectivity index (χ0n) is 13.1. The van der Waals surface area contributed by atoms with Crippen LogP contribution < -0.4 is 4.18 Å². The van der Waals surface area contributed by atoms with Crippen LogP contribution in [0.2, 0.25) is 0 Å². The fraction of sp³-hybridized carbons (Fsp3) is 0.111. The number of nitriles is 1. The molecule has 3 rings (SSSR count). The summed E-state index contributed by atoms with van der Waals surface area (Å²) in [7, 11) is -4.02. The second-order valence-electron chi connectivity index (χ2n) is 5.41. The standard InChI is InChI=1S/C18H14N2O3S/c1-12-10-14(11-19)7-9-17(12)24(21,22)23-16-5-3-4-15-8-6-13(2)20-18(15)16/h3-10H,1-2H3. The maximum Gasteiger partial charge on any atom is 0.339 e. The van der Waals surface area contributed by atoms with E-state index in [4.69, 9.17) is 9.44 Å². The average Bonchev–Trinajstić information content (AvgIpc) is 2.54. The number of fused-ring (bicyclic) bond motifs is 1. The predicted octanol–water partition coefficient (Wildman–Crippen LogP) is 3.49. The predicted molar refractivity (Wildman–Crippen MR) is 90.2 cm³/mol. The van der Waals surface area contributed by atoms with Crippen LogP contribution in [0.3, 0.4) is 0 Å². The van der Waals surface area contributed by atoms with Gasteiger partial charge in [-0.2, -0.15) is 13.7 Å². The van der Waals surface area contributed by atoms with Gasteiger partial charge >= 0.3 is 10.1 Å². The van der Waals surface area contributed by atoms with Crippen LogP contribution in [0.5, 0.6) is 5.75 Å². The van der Waals surface area contributed by atoms with Crippen LogP contribution in [0.1, 0.15) is 16.8 Å². The molecule has 0 fully saturated rings. The van der Waals surface area contributed by atoms with E-state index in [0.717, 1.165) is 11.1 Å². The van der Waals surface area contributed by atoms with E-state index in [9.17, 15) is 8.42 Å². The van der Waals surface area contributed by atoms with Crippen LogP contribution in [0.25, 0.3) is 10.9 Å². The molecule has 24 heavy (non-hydrogen) atoms. The molecule has 6 heteroatoms. The molecule has 120 valence electrons. The first-order chi connectivity index (χ1) is 11.4. The average molecular weight is 338 g/mol. The summed E-state index contributed by atoms with van der Waals surface area (Å²) in [5, 5.41) is 9.69. The lowest BCUT2D eigenvalue weighted by Gasteiger charge is -2.11. The molecule has 0 amide bonds. The molecule has 0 aliphatic rings. The zero-order valence-corrected chi connectivity index (χ0v) is 14.0. The van der Waals surface area contributed by atoms with E-state index >= 15 is 0 Å². The molecule has 0 aliphatic carbocycles. The fourth-order valence-electron chi connectivity index (χ4n) is 2.45. The Balaban J connectivity index is 2.08. The molecule has 0 atom stereocenters. The largest absolute Gasteiger partial charge is 0.377 e. The Morgan fingerprint density at radius 2 is 1.88 bits per heavy atom. The highest BCUT2D eigenvalue weighted by Crippen LogP contribution is 2.28. The Bertz CT molecular complexity index is 1080. The van der Waals surface area contributed by atoms with E-state index in [-0.39, 0.29) is 10.6 Å². The van der Waals surface area contributed by atoms with Crippen molar-refractivity contribution in [2.24, 2.45) is 0 Å². The lowest BCUT2D eigenvalue weighted by atomic mass is 10.2. The van der Waals surface area contributed by atoms with Gasteiger partial charge in [-0.15, -0.1) is 0 Å². The SMILES string of the molecule is Cc1ccc2cccc(OS(=O)(=O)c3ccc(C#N)cc3C)c2n1. The van der Waals surface area contributed by atoms with Crippen LogP contribution in [0, 0.1) is 25.2 Å². The molecule has 0 saturated heterocycles. The molecule has 2 aromatic carbocycles. The minimum Gasteiger partial charge on any atom is -0.377 e. The Morgan fingerprint density at radius 1 is 1.08 bits per heavy atom. The molecule has 5 nitrogen and oxygen atoms in total. The van der Waals surface area contributed by atoms with Crippen LogP contribution >= 0.6 is 0 Å². The summed E-state index contributed by atoms with van der Waals surface area (Å²) in [4.78, 5) is 4.40. The third-order valence-electron chi connectivity index (χ3n) is 3.60. The van der Waals surface area contributed by atoms with Crippen molar-refractivity contribution in [2.45, 2.75) is 18.7 Å². The number of aryl methyl sites for hydroxylation is 2. The lowest BCUT2D eigenvalue weighted by molar-refractivity contribution is 0.487. The number of hydrogen-bond acceptors (Lipinski definition) is 5. The Morgan fingerprint density at radius 3 is 2.58 bits per heavy atom. The highest BCUT2D eigenvalue weighted by molar-refractivity contribution is 7.87. The van der Waals surface area contributed by atoms with Gasteiger partial charge in [-0.25, -0.2) is 4.98 Å². The summed E-state index contributed by atoms with van der Waals surface area (Å²) in [6, 6.07) is 15.2. The highest BCUT2D eigenvalue weighted by atomic mass is 32.2. The molecule has 0 saturated carbocycles. The smallest absolute Gasteiger partial charge is 0.339 e. The van der Waals surface area contributed by atoms with E-state index in [0.29, 0.717) is 16.6 Å². The molecule has 0 N–H and O–H groups in total. The molecule has 0 aliphatic heterocycles. The first kappa shape index (κ1) is 16.0. The van der Waals surface area contributed by atoms with Crippen molar-refractivity contribution in [1.82, 2.24) is 4.98 Å². The van der Waals surface area contributed by atoms with Gasteiger partial charge in [-0.05, 0) is 49.7 Å². The first-order valence-corrected chi connectivity index (χ1v) is 8.63. The molecule has 0 unspecified atom stereocenters. The quantitative estimate of drug-likeness (QED) is 0.683. The van der Waals surface area contributed by atoms with Crippen LogP contribution in [-0.4, -0.2) is 13.4 Å². The number of pyridine rings is 1. The summed E-state index contributed by atoms with van der Waals surface area (Å²) in [6.45, 7) is 3.46. The van der Waals surface area contributed by atoms with Gasteiger partial charge < -0.3 is 4.18 Å². The van der Waals surface area contributed by atoms with Crippen LogP contribution in [0.4, 0.5) is 0 Å². The maximum atomic E-state index is 12.6. The van der Waals surface area contributed by atoms with Gasteiger partial charge in [0.1, 0.15) is 10.4 Å². The van der Waals surface area contributed by atoms with Gasteiger partial charge in [-0.1, -0.05) is 18.2 Å². The minimum atomic E-state index is -4.02. The molecule has 1 aromatic heterocycles. The van der Waals surface area contributed by atoms with Gasteiger partial charge in [0.05, 0.1) is 11.6 Å². The second kappa shape index (κ2) is 5.95. The first-order valence-electron chi connectivity index (χ1n) is 7.22. The van der Waals surface area contributed by atoms with Gasteiger partial charge in [0, 0.05) is 11.1 Å². The van der Waals surface area contributed by atoms with Crippen LogP contribution in [0.15, 0.2) is 53.4 Å². The third kappa shape index (κ3) is 2.94. The molecular weight excluding hydrogens is 324 g/mol. The number of nitrogens with zero attached hydrogens (tertiary/aromatic N) is 2. The number of rotatable bonds is 3. The summed E-state index contributed by atoms with van der Waals surface area (Å²) in [6.07, 6.45) is 0. The van der Waals surface area contributed by atoms with Crippen LogP contribution in [-0.2, 0) is 10.1 Å². The van der Waals surface area contributed by atoms with Crippen molar-refractivity contribution in [3.8, 4) is 11.8 Å². The van der Waals surface area contributed by atoms with E-state index in [1.165, 1.54) is 18.2 Å². The summed E-state index contributed by atoms with van der Waals surface area (Å²) >= 11 is 0.